The van der Waals surface area contributed by atoms with Crippen LogP contribution in [0.1, 0.15) is 12.5 Å². The second-order valence-corrected chi connectivity index (χ2v) is 4.56. The van der Waals surface area contributed by atoms with Crippen molar-refractivity contribution < 1.29 is 8.78 Å². The molecule has 17 heavy (non-hydrogen) atoms. The van der Waals surface area contributed by atoms with Gasteiger partial charge in [-0.25, -0.2) is 8.78 Å². The van der Waals surface area contributed by atoms with Gasteiger partial charge in [-0.2, -0.15) is 0 Å². The molecule has 1 aromatic carbocycles. The SMILES string of the molecule is CNCC(C)CN(C)Cc1c(F)cccc1F. The fraction of sp³-hybridized carbons (Fsp3) is 0.538. The van der Waals surface area contributed by atoms with Gasteiger partial charge in [0.2, 0.25) is 0 Å². The molecule has 1 unspecified atom stereocenters. The van der Waals surface area contributed by atoms with Crippen LogP contribution in [-0.2, 0) is 6.54 Å². The molecular formula is C13H20F2N2. The van der Waals surface area contributed by atoms with Crippen LogP contribution in [-0.4, -0.2) is 32.1 Å². The van der Waals surface area contributed by atoms with Crippen LogP contribution in [0.25, 0.3) is 0 Å². The normalized spacial score (nSPS) is 13.1. The van der Waals surface area contributed by atoms with Gasteiger partial charge in [-0.15, -0.1) is 0 Å². The third kappa shape index (κ3) is 4.40. The summed E-state index contributed by atoms with van der Waals surface area (Å²) < 4.78 is 26.8. The lowest BCUT2D eigenvalue weighted by molar-refractivity contribution is 0.269. The van der Waals surface area contributed by atoms with Gasteiger partial charge in [0.1, 0.15) is 11.6 Å². The molecule has 0 radical (unpaired) electrons. The number of hydrogen-bond donors (Lipinski definition) is 1. The van der Waals surface area contributed by atoms with Gasteiger partial charge in [-0.1, -0.05) is 13.0 Å². The minimum atomic E-state index is -0.474. The van der Waals surface area contributed by atoms with Crippen LogP contribution in [0, 0.1) is 17.6 Å². The first-order valence-electron chi connectivity index (χ1n) is 5.80. The Morgan fingerprint density at radius 1 is 1.29 bits per heavy atom. The van der Waals surface area contributed by atoms with E-state index in [1.807, 2.05) is 19.0 Å². The molecule has 0 aliphatic rings. The van der Waals surface area contributed by atoms with Gasteiger partial charge in [-0.3, -0.25) is 0 Å². The van der Waals surface area contributed by atoms with Gasteiger partial charge in [0.05, 0.1) is 0 Å². The minimum absolute atomic E-state index is 0.145. The highest BCUT2D eigenvalue weighted by Gasteiger charge is 2.12. The summed E-state index contributed by atoms with van der Waals surface area (Å²) in [5.74, 6) is -0.504. The van der Waals surface area contributed by atoms with Crippen molar-refractivity contribution >= 4 is 0 Å². The molecule has 1 rings (SSSR count). The van der Waals surface area contributed by atoms with Crippen LogP contribution in [0.15, 0.2) is 18.2 Å². The van der Waals surface area contributed by atoms with E-state index >= 15 is 0 Å². The summed E-state index contributed by atoms with van der Waals surface area (Å²) in [4.78, 5) is 1.93. The van der Waals surface area contributed by atoms with Crippen molar-refractivity contribution in [1.82, 2.24) is 10.2 Å². The fourth-order valence-corrected chi connectivity index (χ4v) is 1.96. The number of halogens is 2. The number of nitrogens with one attached hydrogen (secondary N) is 1. The van der Waals surface area contributed by atoms with E-state index in [9.17, 15) is 8.78 Å². The van der Waals surface area contributed by atoms with E-state index in [0.717, 1.165) is 13.1 Å². The average Bonchev–Trinajstić information content (AvgIpc) is 2.24. The molecule has 0 amide bonds. The Bertz CT molecular complexity index is 335. The molecule has 96 valence electrons. The molecule has 0 aromatic heterocycles. The summed E-state index contributed by atoms with van der Waals surface area (Å²) in [6.07, 6.45) is 0. The smallest absolute Gasteiger partial charge is 0.130 e. The van der Waals surface area contributed by atoms with Gasteiger partial charge in [0.25, 0.3) is 0 Å². The van der Waals surface area contributed by atoms with Crippen LogP contribution < -0.4 is 5.32 Å². The number of hydrogen-bond acceptors (Lipinski definition) is 2. The van der Waals surface area contributed by atoms with E-state index in [1.54, 1.807) is 0 Å². The summed E-state index contributed by atoms with van der Waals surface area (Å²) >= 11 is 0. The van der Waals surface area contributed by atoms with Crippen molar-refractivity contribution in [3.8, 4) is 0 Å². The molecule has 0 saturated heterocycles. The zero-order chi connectivity index (χ0) is 12.8. The van der Waals surface area contributed by atoms with E-state index in [0.29, 0.717) is 12.5 Å². The Morgan fingerprint density at radius 3 is 2.41 bits per heavy atom. The Morgan fingerprint density at radius 2 is 1.88 bits per heavy atom. The first-order valence-corrected chi connectivity index (χ1v) is 5.80. The molecule has 0 fully saturated rings. The summed E-state index contributed by atoms with van der Waals surface area (Å²) in [5, 5.41) is 3.08. The topological polar surface area (TPSA) is 15.3 Å². The fourth-order valence-electron chi connectivity index (χ4n) is 1.96. The summed E-state index contributed by atoms with van der Waals surface area (Å²) in [5.41, 5.74) is 0.145. The van der Waals surface area contributed by atoms with E-state index in [-0.39, 0.29) is 5.56 Å². The zero-order valence-corrected chi connectivity index (χ0v) is 10.6. The van der Waals surface area contributed by atoms with Crippen LogP contribution >= 0.6 is 0 Å². The second-order valence-electron chi connectivity index (χ2n) is 4.56. The van der Waals surface area contributed by atoms with E-state index in [4.69, 9.17) is 0 Å². The Labute approximate surface area is 102 Å². The number of benzene rings is 1. The highest BCUT2D eigenvalue weighted by molar-refractivity contribution is 5.19. The van der Waals surface area contributed by atoms with Crippen LogP contribution in [0.4, 0.5) is 8.78 Å². The van der Waals surface area contributed by atoms with Crippen LogP contribution in [0.2, 0.25) is 0 Å². The van der Waals surface area contributed by atoms with Crippen molar-refractivity contribution in [1.29, 1.82) is 0 Å². The molecule has 1 atom stereocenters. The molecule has 1 N–H and O–H groups in total. The van der Waals surface area contributed by atoms with Crippen molar-refractivity contribution in [3.05, 3.63) is 35.4 Å². The third-order valence-electron chi connectivity index (χ3n) is 2.67. The molecule has 0 heterocycles. The van der Waals surface area contributed by atoms with Crippen molar-refractivity contribution in [2.75, 3.05) is 27.2 Å². The minimum Gasteiger partial charge on any atom is -0.319 e. The van der Waals surface area contributed by atoms with Gasteiger partial charge in [0.15, 0.2) is 0 Å². The largest absolute Gasteiger partial charge is 0.319 e. The molecular weight excluding hydrogens is 222 g/mol. The summed E-state index contributed by atoms with van der Waals surface area (Å²) in [7, 11) is 3.77. The maximum atomic E-state index is 13.4. The maximum Gasteiger partial charge on any atom is 0.130 e. The van der Waals surface area contributed by atoms with Gasteiger partial charge < -0.3 is 10.2 Å². The molecule has 0 saturated carbocycles. The molecule has 1 aromatic rings. The lowest BCUT2D eigenvalue weighted by Gasteiger charge is -2.21. The second kappa shape index (κ2) is 6.67. The summed E-state index contributed by atoms with van der Waals surface area (Å²) in [6.45, 7) is 4.09. The van der Waals surface area contributed by atoms with Gasteiger partial charge in [-0.05, 0) is 38.7 Å². The molecule has 2 nitrogen and oxygen atoms in total. The Kier molecular flexibility index (Phi) is 5.51. The third-order valence-corrected chi connectivity index (χ3v) is 2.67. The highest BCUT2D eigenvalue weighted by atomic mass is 19.1. The van der Waals surface area contributed by atoms with Crippen molar-refractivity contribution in [2.45, 2.75) is 13.5 Å². The quantitative estimate of drug-likeness (QED) is 0.823. The standard InChI is InChI=1S/C13H20F2N2/c1-10(7-16-2)8-17(3)9-11-12(14)5-4-6-13(11)15/h4-6,10,16H,7-9H2,1-3H3. The highest BCUT2D eigenvalue weighted by Crippen LogP contribution is 2.14. The molecule has 0 bridgehead atoms. The zero-order valence-electron chi connectivity index (χ0n) is 10.6. The van der Waals surface area contributed by atoms with Gasteiger partial charge in [0, 0.05) is 18.7 Å². The molecule has 0 spiro atoms. The van der Waals surface area contributed by atoms with E-state index < -0.39 is 11.6 Å². The van der Waals surface area contributed by atoms with E-state index in [2.05, 4.69) is 12.2 Å². The van der Waals surface area contributed by atoms with Crippen molar-refractivity contribution in [2.24, 2.45) is 5.92 Å². The predicted molar refractivity (Wildman–Crippen MR) is 65.8 cm³/mol. The lowest BCUT2D eigenvalue weighted by atomic mass is 10.1. The number of rotatable bonds is 6. The monoisotopic (exact) mass is 242 g/mol. The first-order chi connectivity index (χ1) is 8.04. The van der Waals surface area contributed by atoms with Gasteiger partial charge >= 0.3 is 0 Å². The first kappa shape index (κ1) is 14.1. The molecule has 4 heteroatoms. The van der Waals surface area contributed by atoms with E-state index in [1.165, 1.54) is 18.2 Å². The average molecular weight is 242 g/mol. The Balaban J connectivity index is 2.59. The maximum absolute atomic E-state index is 13.4. The predicted octanol–water partition coefficient (Wildman–Crippen LogP) is 2.25. The van der Waals surface area contributed by atoms with Crippen LogP contribution in [0.5, 0.6) is 0 Å². The number of nitrogens with zero attached hydrogens (tertiary/aromatic N) is 1. The molecule has 0 aliphatic heterocycles. The van der Waals surface area contributed by atoms with Crippen molar-refractivity contribution in [3.63, 3.8) is 0 Å². The lowest BCUT2D eigenvalue weighted by Crippen LogP contribution is -2.29. The summed E-state index contributed by atoms with van der Waals surface area (Å²) in [6, 6.07) is 3.98. The van der Waals surface area contributed by atoms with Crippen LogP contribution in [0.3, 0.4) is 0 Å². The molecule has 0 aliphatic carbocycles. The Hall–Kier alpha value is -1.00.